The highest BCUT2D eigenvalue weighted by Crippen LogP contribution is 2.34. The third kappa shape index (κ3) is 3.60. The summed E-state index contributed by atoms with van der Waals surface area (Å²) in [5, 5.41) is 9.89. The van der Waals surface area contributed by atoms with Crippen LogP contribution in [0, 0.1) is 0 Å². The lowest BCUT2D eigenvalue weighted by Gasteiger charge is -2.30. The van der Waals surface area contributed by atoms with Crippen LogP contribution < -0.4 is 14.8 Å². The molecule has 28 heavy (non-hydrogen) atoms. The maximum absolute atomic E-state index is 12.8. The Bertz CT molecular complexity index is 931. The van der Waals surface area contributed by atoms with Crippen molar-refractivity contribution in [1.82, 2.24) is 15.1 Å². The van der Waals surface area contributed by atoms with Gasteiger partial charge in [0, 0.05) is 36.0 Å². The molecular formula is C19H22N4O5. The highest BCUT2D eigenvalue weighted by atomic mass is 16.7. The number of carbonyl (C=O) groups excluding carboxylic acids is 2. The highest BCUT2D eigenvalue weighted by Gasteiger charge is 2.30. The van der Waals surface area contributed by atoms with E-state index in [4.69, 9.17) is 14.2 Å². The van der Waals surface area contributed by atoms with Crippen LogP contribution >= 0.6 is 0 Å². The van der Waals surface area contributed by atoms with Crippen molar-refractivity contribution in [1.29, 1.82) is 0 Å². The lowest BCUT2D eigenvalue weighted by molar-refractivity contribution is 0.0222. The van der Waals surface area contributed by atoms with Gasteiger partial charge < -0.3 is 24.4 Å². The number of anilines is 1. The maximum Gasteiger partial charge on any atom is 0.410 e. The van der Waals surface area contributed by atoms with Gasteiger partial charge in [-0.15, -0.1) is 0 Å². The molecule has 0 spiro atoms. The first kappa shape index (κ1) is 18.1. The fourth-order valence-corrected chi connectivity index (χ4v) is 3.13. The minimum Gasteiger partial charge on any atom is -0.454 e. The van der Waals surface area contributed by atoms with E-state index in [1.165, 1.54) is 0 Å². The van der Waals surface area contributed by atoms with Crippen LogP contribution in [0.4, 0.5) is 10.5 Å². The third-order valence-corrected chi connectivity index (χ3v) is 4.43. The number of nitrogens with zero attached hydrogens (tertiary/aromatic N) is 2. The largest absolute Gasteiger partial charge is 0.454 e. The molecule has 2 N–H and O–H groups in total. The molecule has 148 valence electrons. The lowest BCUT2D eigenvalue weighted by atomic mass is 10.1. The van der Waals surface area contributed by atoms with Crippen molar-refractivity contribution in [2.24, 2.45) is 0 Å². The van der Waals surface area contributed by atoms with Gasteiger partial charge in [-0.2, -0.15) is 5.10 Å². The first-order valence-corrected chi connectivity index (χ1v) is 9.05. The summed E-state index contributed by atoms with van der Waals surface area (Å²) in [6.45, 7) is 6.41. The predicted octanol–water partition coefficient (Wildman–Crippen LogP) is 2.68. The number of benzene rings is 1. The smallest absolute Gasteiger partial charge is 0.410 e. The Labute approximate surface area is 161 Å². The number of ether oxygens (including phenoxy) is 3. The maximum atomic E-state index is 12.8. The molecule has 9 heteroatoms. The topological polar surface area (TPSA) is 106 Å². The second kappa shape index (κ2) is 6.74. The number of rotatable bonds is 2. The van der Waals surface area contributed by atoms with E-state index in [1.54, 1.807) is 23.1 Å². The Morgan fingerprint density at radius 3 is 2.82 bits per heavy atom. The molecule has 0 atom stereocenters. The Balaban J connectivity index is 1.49. The van der Waals surface area contributed by atoms with Gasteiger partial charge in [0.2, 0.25) is 6.79 Å². The molecular weight excluding hydrogens is 364 g/mol. The molecule has 2 aromatic rings. The van der Waals surface area contributed by atoms with E-state index in [1.807, 2.05) is 20.8 Å². The van der Waals surface area contributed by atoms with E-state index in [2.05, 4.69) is 15.5 Å². The monoisotopic (exact) mass is 386 g/mol. The van der Waals surface area contributed by atoms with Crippen LogP contribution in [0.25, 0.3) is 0 Å². The van der Waals surface area contributed by atoms with Gasteiger partial charge in [0.1, 0.15) is 5.60 Å². The van der Waals surface area contributed by atoms with Gasteiger partial charge >= 0.3 is 6.09 Å². The summed E-state index contributed by atoms with van der Waals surface area (Å²) in [6, 6.07) is 5.17. The quantitative estimate of drug-likeness (QED) is 0.822. The summed E-state index contributed by atoms with van der Waals surface area (Å²) in [6.07, 6.45) is 0.181. The van der Waals surface area contributed by atoms with Gasteiger partial charge in [0.05, 0.1) is 6.54 Å². The van der Waals surface area contributed by atoms with Crippen LogP contribution in [0.5, 0.6) is 11.5 Å². The number of H-pyrrole nitrogens is 1. The van der Waals surface area contributed by atoms with Crippen LogP contribution in [0.15, 0.2) is 18.2 Å². The number of nitrogens with one attached hydrogen (secondary N) is 2. The zero-order valence-corrected chi connectivity index (χ0v) is 16.0. The first-order valence-electron chi connectivity index (χ1n) is 9.05. The lowest BCUT2D eigenvalue weighted by Crippen LogP contribution is -2.40. The van der Waals surface area contributed by atoms with Crippen molar-refractivity contribution in [3.8, 4) is 11.5 Å². The molecule has 0 aliphatic carbocycles. The molecule has 9 nitrogen and oxygen atoms in total. The molecule has 0 unspecified atom stereocenters. The molecule has 1 aromatic heterocycles. The van der Waals surface area contributed by atoms with E-state index >= 15 is 0 Å². The fraction of sp³-hybridized carbons (Fsp3) is 0.421. The van der Waals surface area contributed by atoms with Crippen LogP contribution in [0.2, 0.25) is 0 Å². The molecule has 2 aliphatic rings. The zero-order valence-electron chi connectivity index (χ0n) is 16.0. The second-order valence-electron chi connectivity index (χ2n) is 7.70. The van der Waals surface area contributed by atoms with Crippen LogP contribution in [-0.2, 0) is 17.7 Å². The van der Waals surface area contributed by atoms with E-state index in [-0.39, 0.29) is 24.9 Å². The highest BCUT2D eigenvalue weighted by molar-refractivity contribution is 6.04. The molecule has 0 radical (unpaired) electrons. The summed E-state index contributed by atoms with van der Waals surface area (Å²) >= 11 is 0. The van der Waals surface area contributed by atoms with Gasteiger partial charge in [-0.1, -0.05) is 0 Å². The normalized spacial score (nSPS) is 15.2. The fourth-order valence-electron chi connectivity index (χ4n) is 3.13. The number of amides is 2. The second-order valence-corrected chi connectivity index (χ2v) is 7.70. The molecule has 3 heterocycles. The van der Waals surface area contributed by atoms with Crippen molar-refractivity contribution in [3.05, 3.63) is 35.2 Å². The number of aromatic nitrogens is 2. The van der Waals surface area contributed by atoms with Crippen molar-refractivity contribution >= 4 is 17.7 Å². The van der Waals surface area contributed by atoms with Crippen molar-refractivity contribution < 1.29 is 23.8 Å². The standard InChI is InChI=1S/C19H22N4O5/c1-19(2,3)28-18(25)23-7-6-13-12(9-23)16(22-21-13)17(24)20-11-4-5-14-15(8-11)27-10-26-14/h4-5,8H,6-7,9-10H2,1-3H3,(H,20,24)(H,21,22). The summed E-state index contributed by atoms with van der Waals surface area (Å²) in [7, 11) is 0. The number of hydrogen-bond acceptors (Lipinski definition) is 6. The van der Waals surface area contributed by atoms with Gasteiger partial charge in [0.25, 0.3) is 5.91 Å². The SMILES string of the molecule is CC(C)(C)OC(=O)N1CCc2[nH]nc(C(=O)Nc3ccc4c(c3)OCO4)c2C1. The van der Waals surface area contributed by atoms with Crippen molar-refractivity contribution in [2.45, 2.75) is 39.3 Å². The van der Waals surface area contributed by atoms with Gasteiger partial charge in [-0.05, 0) is 32.9 Å². The molecule has 0 bridgehead atoms. The van der Waals surface area contributed by atoms with Crippen LogP contribution in [0.3, 0.4) is 0 Å². The number of fused-ring (bicyclic) bond motifs is 2. The number of hydrogen-bond donors (Lipinski definition) is 2. The molecule has 2 amide bonds. The average molecular weight is 386 g/mol. The van der Waals surface area contributed by atoms with Crippen molar-refractivity contribution in [3.63, 3.8) is 0 Å². The average Bonchev–Trinajstić information content (AvgIpc) is 3.25. The predicted molar refractivity (Wildman–Crippen MR) is 99.5 cm³/mol. The van der Waals surface area contributed by atoms with Crippen molar-refractivity contribution in [2.75, 3.05) is 18.7 Å². The van der Waals surface area contributed by atoms with E-state index in [9.17, 15) is 9.59 Å². The molecule has 0 saturated carbocycles. The molecule has 1 aromatic carbocycles. The van der Waals surface area contributed by atoms with Gasteiger partial charge in [-0.3, -0.25) is 9.89 Å². The summed E-state index contributed by atoms with van der Waals surface area (Å²) in [5.74, 6) is 0.864. The van der Waals surface area contributed by atoms with E-state index in [0.29, 0.717) is 35.7 Å². The minimum absolute atomic E-state index is 0.167. The summed E-state index contributed by atoms with van der Waals surface area (Å²) < 4.78 is 16.0. The van der Waals surface area contributed by atoms with Gasteiger partial charge in [-0.25, -0.2) is 4.79 Å². The van der Waals surface area contributed by atoms with Crippen LogP contribution in [-0.4, -0.2) is 46.0 Å². The Kier molecular flexibility index (Phi) is 4.37. The number of aromatic amines is 1. The Morgan fingerprint density at radius 2 is 2.04 bits per heavy atom. The summed E-state index contributed by atoms with van der Waals surface area (Å²) in [4.78, 5) is 26.7. The van der Waals surface area contributed by atoms with Gasteiger partial charge in [0.15, 0.2) is 17.2 Å². The zero-order chi connectivity index (χ0) is 19.9. The van der Waals surface area contributed by atoms with E-state index in [0.717, 1.165) is 5.69 Å². The third-order valence-electron chi connectivity index (χ3n) is 4.43. The molecule has 2 aliphatic heterocycles. The first-order chi connectivity index (χ1) is 13.3. The molecule has 4 rings (SSSR count). The molecule has 0 saturated heterocycles. The Hall–Kier alpha value is -3.23. The minimum atomic E-state index is -0.576. The summed E-state index contributed by atoms with van der Waals surface area (Å²) in [5.41, 5.74) is 1.82. The Morgan fingerprint density at radius 1 is 1.25 bits per heavy atom. The van der Waals surface area contributed by atoms with Crippen LogP contribution in [0.1, 0.15) is 42.5 Å². The van der Waals surface area contributed by atoms with E-state index < -0.39 is 11.7 Å². The number of carbonyl (C=O) groups is 2. The molecule has 0 fully saturated rings.